The van der Waals surface area contributed by atoms with Crippen LogP contribution in [0.5, 0.6) is 0 Å². The maximum Gasteiger partial charge on any atom is 0.306 e. The lowest BCUT2D eigenvalue weighted by Gasteiger charge is -2.16. The van der Waals surface area contributed by atoms with Crippen LogP contribution in [0, 0.1) is 12.8 Å². The van der Waals surface area contributed by atoms with Gasteiger partial charge in [0.1, 0.15) is 0 Å². The second-order valence-corrected chi connectivity index (χ2v) is 4.57. The molecule has 0 saturated heterocycles. The van der Waals surface area contributed by atoms with Crippen LogP contribution in [0.2, 0.25) is 0 Å². The molecule has 2 N–H and O–H groups in total. The second kappa shape index (κ2) is 7.13. The number of carboxylic acid groups (broad SMARTS) is 1. The number of rotatable bonds is 7. The Morgan fingerprint density at radius 3 is 2.72 bits per heavy atom. The predicted octanol–water partition coefficient (Wildman–Crippen LogP) is 1.64. The average Bonchev–Trinajstić information content (AvgIpc) is 2.28. The van der Waals surface area contributed by atoms with Crippen LogP contribution in [0.1, 0.15) is 17.5 Å². The smallest absolute Gasteiger partial charge is 0.306 e. The van der Waals surface area contributed by atoms with Gasteiger partial charge in [-0.1, -0.05) is 29.8 Å². The molecule has 1 aromatic rings. The molecule has 0 fully saturated rings. The average molecular weight is 252 g/mol. The lowest BCUT2D eigenvalue weighted by atomic mass is 9.93. The van der Waals surface area contributed by atoms with E-state index in [4.69, 9.17) is 9.84 Å². The van der Waals surface area contributed by atoms with E-state index in [1.54, 1.807) is 0 Å². The largest absolute Gasteiger partial charge is 0.481 e. The number of methoxy groups -OCH3 is 1. The Labute approximate surface area is 107 Å². The lowest BCUT2D eigenvalue weighted by molar-refractivity contribution is -0.143. The van der Waals surface area contributed by atoms with Crippen molar-refractivity contribution in [1.29, 1.82) is 0 Å². The number of aliphatic carboxylic acids is 1. The third-order valence-corrected chi connectivity index (χ3v) is 2.83. The number of carboxylic acids is 1. The minimum atomic E-state index is -0.883. The highest BCUT2D eigenvalue weighted by molar-refractivity contribution is 5.70. The number of ether oxygens (including phenoxy) is 1. The highest BCUT2D eigenvalue weighted by atomic mass is 16.5. The number of carbonyl (C=O) groups is 1. The summed E-state index contributed by atoms with van der Waals surface area (Å²) in [6.07, 6.45) is -0.101. The molecule has 0 aliphatic heterocycles. The number of benzene rings is 1. The Balaban J connectivity index is 2.66. The van der Waals surface area contributed by atoms with Gasteiger partial charge >= 0.3 is 5.97 Å². The van der Waals surface area contributed by atoms with Gasteiger partial charge in [-0.3, -0.25) is 4.79 Å². The highest BCUT2D eigenvalue weighted by Gasteiger charge is 2.21. The number of aryl methyl sites for hydroxylation is 1. The molecule has 2 atom stereocenters. The molecule has 100 valence electrons. The van der Waals surface area contributed by atoms with Gasteiger partial charge in [-0.2, -0.15) is 0 Å². The zero-order valence-electron chi connectivity index (χ0n) is 10.8. The lowest BCUT2D eigenvalue weighted by Crippen LogP contribution is -2.25. The molecule has 0 spiro atoms. The summed E-state index contributed by atoms with van der Waals surface area (Å²) in [5, 5.41) is 18.8. The first-order valence-electron chi connectivity index (χ1n) is 5.98. The standard InChI is InChI=1S/C14H20O4/c1-10-4-3-5-11(6-10)7-12(14(16)17)8-13(15)9-18-2/h3-6,12-13,15H,7-9H2,1-2H3,(H,16,17). The first-order chi connectivity index (χ1) is 8.52. The first kappa shape index (κ1) is 14.7. The monoisotopic (exact) mass is 252 g/mol. The summed E-state index contributed by atoms with van der Waals surface area (Å²) in [5.74, 6) is -1.47. The summed E-state index contributed by atoms with van der Waals surface area (Å²) in [6.45, 7) is 2.14. The van der Waals surface area contributed by atoms with Crippen molar-refractivity contribution in [2.45, 2.75) is 25.9 Å². The minimum Gasteiger partial charge on any atom is -0.481 e. The fraction of sp³-hybridized carbons (Fsp3) is 0.500. The van der Waals surface area contributed by atoms with E-state index in [9.17, 15) is 9.90 Å². The van der Waals surface area contributed by atoms with E-state index >= 15 is 0 Å². The number of hydrogen-bond donors (Lipinski definition) is 2. The molecule has 0 amide bonds. The summed E-state index contributed by atoms with van der Waals surface area (Å²) < 4.78 is 4.81. The molecule has 2 unspecified atom stereocenters. The molecule has 0 aromatic heterocycles. The van der Waals surface area contributed by atoms with Crippen molar-refractivity contribution in [2.24, 2.45) is 5.92 Å². The van der Waals surface area contributed by atoms with E-state index in [1.165, 1.54) is 7.11 Å². The first-order valence-corrected chi connectivity index (χ1v) is 5.98. The number of aliphatic hydroxyl groups excluding tert-OH is 1. The van der Waals surface area contributed by atoms with Crippen LogP contribution in [0.25, 0.3) is 0 Å². The van der Waals surface area contributed by atoms with Gasteiger partial charge in [-0.15, -0.1) is 0 Å². The third-order valence-electron chi connectivity index (χ3n) is 2.83. The van der Waals surface area contributed by atoms with Crippen molar-refractivity contribution in [3.8, 4) is 0 Å². The molecule has 0 bridgehead atoms. The zero-order valence-corrected chi connectivity index (χ0v) is 10.8. The van der Waals surface area contributed by atoms with Crippen molar-refractivity contribution < 1.29 is 19.7 Å². The van der Waals surface area contributed by atoms with Crippen molar-refractivity contribution in [2.75, 3.05) is 13.7 Å². The molecule has 1 rings (SSSR count). The summed E-state index contributed by atoms with van der Waals surface area (Å²) >= 11 is 0. The van der Waals surface area contributed by atoms with Crippen LogP contribution in [-0.4, -0.2) is 36.0 Å². The van der Waals surface area contributed by atoms with Crippen molar-refractivity contribution in [3.05, 3.63) is 35.4 Å². The topological polar surface area (TPSA) is 66.8 Å². The summed E-state index contributed by atoms with van der Waals surface area (Å²) in [7, 11) is 1.49. The van der Waals surface area contributed by atoms with E-state index in [0.29, 0.717) is 6.42 Å². The van der Waals surface area contributed by atoms with Crippen LogP contribution >= 0.6 is 0 Å². The van der Waals surface area contributed by atoms with E-state index in [0.717, 1.165) is 11.1 Å². The molecule has 18 heavy (non-hydrogen) atoms. The Kier molecular flexibility index (Phi) is 5.82. The Morgan fingerprint density at radius 1 is 1.44 bits per heavy atom. The summed E-state index contributed by atoms with van der Waals surface area (Å²) in [6, 6.07) is 7.76. The molecule has 0 aliphatic carbocycles. The van der Waals surface area contributed by atoms with Crippen LogP contribution in [0.4, 0.5) is 0 Å². The van der Waals surface area contributed by atoms with Crippen LogP contribution in [0.15, 0.2) is 24.3 Å². The normalized spacial score (nSPS) is 14.2. The van der Waals surface area contributed by atoms with Gasteiger partial charge in [0.2, 0.25) is 0 Å². The number of aliphatic hydroxyl groups is 1. The van der Waals surface area contributed by atoms with E-state index in [-0.39, 0.29) is 13.0 Å². The SMILES string of the molecule is COCC(O)CC(Cc1cccc(C)c1)C(=O)O. The number of hydrogen-bond acceptors (Lipinski definition) is 3. The van der Waals surface area contributed by atoms with Gasteiger partial charge in [0.05, 0.1) is 18.6 Å². The van der Waals surface area contributed by atoms with E-state index < -0.39 is 18.0 Å². The van der Waals surface area contributed by atoms with Crippen LogP contribution in [-0.2, 0) is 16.0 Å². The maximum absolute atomic E-state index is 11.2. The fourth-order valence-electron chi connectivity index (χ4n) is 1.98. The predicted molar refractivity (Wildman–Crippen MR) is 68.5 cm³/mol. The fourth-order valence-corrected chi connectivity index (χ4v) is 1.98. The van der Waals surface area contributed by atoms with Crippen molar-refractivity contribution >= 4 is 5.97 Å². The molecule has 0 saturated carbocycles. The van der Waals surface area contributed by atoms with Gasteiger partial charge < -0.3 is 14.9 Å². The second-order valence-electron chi connectivity index (χ2n) is 4.57. The molecule has 1 aromatic carbocycles. The van der Waals surface area contributed by atoms with Gasteiger partial charge in [-0.05, 0) is 25.3 Å². The molecule has 0 heterocycles. The molecule has 4 nitrogen and oxygen atoms in total. The van der Waals surface area contributed by atoms with E-state index in [1.807, 2.05) is 31.2 Å². The Bertz CT molecular complexity index is 389. The minimum absolute atomic E-state index is 0.164. The Hall–Kier alpha value is -1.39. The highest BCUT2D eigenvalue weighted by Crippen LogP contribution is 2.16. The molecule has 0 aliphatic rings. The van der Waals surface area contributed by atoms with Gasteiger partial charge in [0.15, 0.2) is 0 Å². The van der Waals surface area contributed by atoms with Crippen molar-refractivity contribution in [3.63, 3.8) is 0 Å². The summed E-state index contributed by atoms with van der Waals surface area (Å²) in [5.41, 5.74) is 2.08. The van der Waals surface area contributed by atoms with E-state index in [2.05, 4.69) is 0 Å². The molecule has 4 heteroatoms. The van der Waals surface area contributed by atoms with Crippen molar-refractivity contribution in [1.82, 2.24) is 0 Å². The van der Waals surface area contributed by atoms with Gasteiger partial charge in [-0.25, -0.2) is 0 Å². The third kappa shape index (κ3) is 4.85. The zero-order chi connectivity index (χ0) is 13.5. The van der Waals surface area contributed by atoms with Gasteiger partial charge in [0.25, 0.3) is 0 Å². The molecular formula is C14H20O4. The summed E-state index contributed by atoms with van der Waals surface area (Å²) in [4.78, 5) is 11.2. The molecular weight excluding hydrogens is 232 g/mol. The van der Waals surface area contributed by atoms with Gasteiger partial charge in [0, 0.05) is 7.11 Å². The quantitative estimate of drug-likeness (QED) is 0.774. The molecule has 0 radical (unpaired) electrons. The van der Waals surface area contributed by atoms with Crippen LogP contribution in [0.3, 0.4) is 0 Å². The van der Waals surface area contributed by atoms with Crippen LogP contribution < -0.4 is 0 Å². The maximum atomic E-state index is 11.2. The Morgan fingerprint density at radius 2 is 2.17 bits per heavy atom.